The zero-order chi connectivity index (χ0) is 14.7. The molecule has 2 nitrogen and oxygen atoms in total. The summed E-state index contributed by atoms with van der Waals surface area (Å²) in [5.41, 5.74) is 0.256. The summed E-state index contributed by atoms with van der Waals surface area (Å²) in [5.74, 6) is 3.48. The van der Waals surface area contributed by atoms with Gasteiger partial charge in [0.05, 0.1) is 5.60 Å². The molecule has 3 aliphatic rings. The normalized spacial score (nSPS) is 37.7. The first-order valence-electron chi connectivity index (χ1n) is 8.82. The fourth-order valence-electron chi connectivity index (χ4n) is 4.68. The molecule has 122 valence electrons. The number of ether oxygens (including phenoxy) is 1. The number of thioether (sulfide) groups is 2. The van der Waals surface area contributed by atoms with Gasteiger partial charge in [-0.15, -0.1) is 0 Å². The number of hydrogen-bond donors (Lipinski definition) is 1. The van der Waals surface area contributed by atoms with Gasteiger partial charge in [-0.3, -0.25) is 0 Å². The zero-order valence-electron chi connectivity index (χ0n) is 13.6. The lowest BCUT2D eigenvalue weighted by Gasteiger charge is -2.45. The average molecular weight is 330 g/mol. The van der Waals surface area contributed by atoms with Crippen LogP contribution in [0, 0.1) is 5.92 Å². The predicted molar refractivity (Wildman–Crippen MR) is 95.5 cm³/mol. The molecule has 21 heavy (non-hydrogen) atoms. The predicted octanol–water partition coefficient (Wildman–Crippen LogP) is 3.94. The highest BCUT2D eigenvalue weighted by molar-refractivity contribution is 8.07. The van der Waals surface area contributed by atoms with Gasteiger partial charge in [0.25, 0.3) is 0 Å². The molecule has 1 aliphatic carbocycles. The smallest absolute Gasteiger partial charge is 0.0685 e. The van der Waals surface area contributed by atoms with E-state index in [1.807, 2.05) is 0 Å². The highest BCUT2D eigenvalue weighted by Crippen LogP contribution is 2.45. The van der Waals surface area contributed by atoms with E-state index in [1.54, 1.807) is 0 Å². The summed E-state index contributed by atoms with van der Waals surface area (Å²) in [4.78, 5) is 0. The van der Waals surface area contributed by atoms with Crippen LogP contribution in [0.3, 0.4) is 0 Å². The Hall–Kier alpha value is 0.620. The van der Waals surface area contributed by atoms with Crippen LogP contribution in [-0.4, -0.2) is 47.3 Å². The summed E-state index contributed by atoms with van der Waals surface area (Å²) in [5, 5.41) is 5.35. The molecule has 4 heteroatoms. The van der Waals surface area contributed by atoms with E-state index in [1.165, 1.54) is 56.5 Å². The number of hydrogen-bond acceptors (Lipinski definition) is 4. The van der Waals surface area contributed by atoms with Crippen LogP contribution in [0.15, 0.2) is 0 Å². The van der Waals surface area contributed by atoms with Crippen molar-refractivity contribution in [2.45, 2.75) is 74.0 Å². The van der Waals surface area contributed by atoms with Gasteiger partial charge in [0.1, 0.15) is 0 Å². The van der Waals surface area contributed by atoms with Crippen LogP contribution in [0.5, 0.6) is 0 Å². The SMILES string of the molecule is CCC1SCCSC1C(NC)C1CCOC2(CCCC2)C1. The van der Waals surface area contributed by atoms with Gasteiger partial charge >= 0.3 is 0 Å². The molecule has 0 aromatic rings. The molecule has 0 aromatic heterocycles. The number of rotatable bonds is 4. The van der Waals surface area contributed by atoms with Crippen LogP contribution >= 0.6 is 23.5 Å². The summed E-state index contributed by atoms with van der Waals surface area (Å²) in [7, 11) is 2.19. The summed E-state index contributed by atoms with van der Waals surface area (Å²) in [6, 6.07) is 0.675. The quantitative estimate of drug-likeness (QED) is 0.843. The Balaban J connectivity index is 1.69. The summed E-state index contributed by atoms with van der Waals surface area (Å²) in [6.45, 7) is 3.36. The molecular weight excluding hydrogens is 298 g/mol. The van der Waals surface area contributed by atoms with Gasteiger partial charge in [0, 0.05) is 34.7 Å². The third-order valence-electron chi connectivity index (χ3n) is 5.74. The lowest BCUT2D eigenvalue weighted by Crippen LogP contribution is -2.52. The lowest BCUT2D eigenvalue weighted by molar-refractivity contribution is -0.0976. The Kier molecular flexibility index (Phi) is 5.85. The highest BCUT2D eigenvalue weighted by atomic mass is 32.2. The molecular formula is C17H31NOS2. The second-order valence-electron chi connectivity index (χ2n) is 6.96. The molecule has 0 bridgehead atoms. The molecule has 1 N–H and O–H groups in total. The van der Waals surface area contributed by atoms with Crippen LogP contribution < -0.4 is 5.32 Å². The maximum absolute atomic E-state index is 6.25. The molecule has 0 amide bonds. The Morgan fingerprint density at radius 2 is 2.00 bits per heavy atom. The maximum atomic E-state index is 6.25. The molecule has 0 radical (unpaired) electrons. The first-order valence-corrected chi connectivity index (χ1v) is 10.9. The van der Waals surface area contributed by atoms with Gasteiger partial charge in [-0.2, -0.15) is 23.5 Å². The van der Waals surface area contributed by atoms with Gasteiger partial charge in [-0.25, -0.2) is 0 Å². The molecule has 1 saturated carbocycles. The second-order valence-corrected chi connectivity index (χ2v) is 9.59. The van der Waals surface area contributed by atoms with Crippen LogP contribution in [0.4, 0.5) is 0 Å². The monoisotopic (exact) mass is 329 g/mol. The van der Waals surface area contributed by atoms with Crippen molar-refractivity contribution in [3.8, 4) is 0 Å². The van der Waals surface area contributed by atoms with Crippen molar-refractivity contribution in [2.75, 3.05) is 25.2 Å². The molecule has 3 fully saturated rings. The van der Waals surface area contributed by atoms with Crippen molar-refractivity contribution in [2.24, 2.45) is 5.92 Å². The minimum atomic E-state index is 0.256. The first-order chi connectivity index (χ1) is 10.3. The lowest BCUT2D eigenvalue weighted by atomic mass is 9.79. The molecule has 4 unspecified atom stereocenters. The van der Waals surface area contributed by atoms with E-state index < -0.39 is 0 Å². The van der Waals surface area contributed by atoms with Crippen LogP contribution in [-0.2, 0) is 4.74 Å². The zero-order valence-corrected chi connectivity index (χ0v) is 15.2. The van der Waals surface area contributed by atoms with Gasteiger partial charge in [-0.05, 0) is 45.1 Å². The standard InChI is InChI=1S/C17H31NOS2/c1-3-14-16(21-11-10-20-14)15(18-2)13-6-9-19-17(12-13)7-4-5-8-17/h13-16,18H,3-12H2,1-2H3. The summed E-state index contributed by atoms with van der Waals surface area (Å²) in [6.07, 6.45) is 9.25. The van der Waals surface area contributed by atoms with E-state index in [9.17, 15) is 0 Å². The molecule has 2 aliphatic heterocycles. The minimum absolute atomic E-state index is 0.256. The van der Waals surface area contributed by atoms with Crippen molar-refractivity contribution in [1.29, 1.82) is 0 Å². The van der Waals surface area contributed by atoms with Gasteiger partial charge in [0.2, 0.25) is 0 Å². The van der Waals surface area contributed by atoms with Crippen LogP contribution in [0.1, 0.15) is 51.9 Å². The molecule has 0 aromatic carbocycles. The van der Waals surface area contributed by atoms with E-state index in [4.69, 9.17) is 4.74 Å². The van der Waals surface area contributed by atoms with Crippen molar-refractivity contribution < 1.29 is 4.74 Å². The van der Waals surface area contributed by atoms with Crippen LogP contribution in [0.2, 0.25) is 0 Å². The van der Waals surface area contributed by atoms with E-state index in [0.717, 1.165) is 23.0 Å². The molecule has 4 atom stereocenters. The molecule has 2 heterocycles. The topological polar surface area (TPSA) is 21.3 Å². The summed E-state index contributed by atoms with van der Waals surface area (Å²) >= 11 is 4.44. The minimum Gasteiger partial charge on any atom is -0.375 e. The molecule has 3 rings (SSSR count). The third-order valence-corrected chi connectivity index (χ3v) is 9.11. The Morgan fingerprint density at radius 1 is 1.24 bits per heavy atom. The Labute approximate surface area is 138 Å². The van der Waals surface area contributed by atoms with E-state index in [-0.39, 0.29) is 5.60 Å². The summed E-state index contributed by atoms with van der Waals surface area (Å²) < 4.78 is 6.25. The fraction of sp³-hybridized carbons (Fsp3) is 1.00. The largest absolute Gasteiger partial charge is 0.375 e. The number of nitrogens with one attached hydrogen (secondary N) is 1. The Bertz CT molecular complexity index is 333. The van der Waals surface area contributed by atoms with Crippen molar-refractivity contribution in [1.82, 2.24) is 5.32 Å². The second kappa shape index (κ2) is 7.46. The van der Waals surface area contributed by atoms with Crippen LogP contribution in [0.25, 0.3) is 0 Å². The van der Waals surface area contributed by atoms with E-state index >= 15 is 0 Å². The first kappa shape index (κ1) is 16.5. The average Bonchev–Trinajstić information content (AvgIpc) is 2.96. The third kappa shape index (κ3) is 3.59. The maximum Gasteiger partial charge on any atom is 0.0685 e. The van der Waals surface area contributed by atoms with Gasteiger partial charge in [0.15, 0.2) is 0 Å². The van der Waals surface area contributed by atoms with Crippen molar-refractivity contribution >= 4 is 23.5 Å². The van der Waals surface area contributed by atoms with Gasteiger partial charge < -0.3 is 10.1 Å². The van der Waals surface area contributed by atoms with Gasteiger partial charge in [-0.1, -0.05) is 19.8 Å². The van der Waals surface area contributed by atoms with Crippen molar-refractivity contribution in [3.63, 3.8) is 0 Å². The van der Waals surface area contributed by atoms with E-state index in [2.05, 4.69) is 42.8 Å². The highest BCUT2D eigenvalue weighted by Gasteiger charge is 2.44. The molecule has 2 saturated heterocycles. The fourth-order valence-corrected chi connectivity index (χ4v) is 8.06. The van der Waals surface area contributed by atoms with E-state index in [0.29, 0.717) is 6.04 Å². The Morgan fingerprint density at radius 3 is 2.71 bits per heavy atom. The molecule has 1 spiro atoms. The van der Waals surface area contributed by atoms with Crippen molar-refractivity contribution in [3.05, 3.63) is 0 Å².